The first kappa shape index (κ1) is 11.0. The Labute approximate surface area is 87.7 Å². The molecule has 0 nitrogen and oxygen atoms in total. The third-order valence-corrected chi connectivity index (χ3v) is 2.15. The Morgan fingerprint density at radius 1 is 0.786 bits per heavy atom. The van der Waals surface area contributed by atoms with Gasteiger partial charge in [0.2, 0.25) is 0 Å². The molecule has 1 radical (unpaired) electrons. The van der Waals surface area contributed by atoms with Crippen LogP contribution in [0.25, 0.3) is 0 Å². The van der Waals surface area contributed by atoms with Gasteiger partial charge in [0.1, 0.15) is 0 Å². The first-order valence-corrected chi connectivity index (χ1v) is 5.52. The average Bonchev–Trinajstić information content (AvgIpc) is 2.22. The van der Waals surface area contributed by atoms with E-state index in [0.717, 1.165) is 19.3 Å². The number of hydrogen-bond acceptors (Lipinski definition) is 0. The molecular weight excluding hydrogens is 168 g/mol. The quantitative estimate of drug-likeness (QED) is 0.494. The van der Waals surface area contributed by atoms with Crippen molar-refractivity contribution in [2.24, 2.45) is 0 Å². The molecule has 1 aliphatic rings. The molecule has 0 heterocycles. The van der Waals surface area contributed by atoms with Crippen molar-refractivity contribution in [2.75, 3.05) is 0 Å². The highest BCUT2D eigenvalue weighted by Gasteiger charge is 1.81. The Morgan fingerprint density at radius 3 is 2.50 bits per heavy atom. The molecule has 0 heteroatoms. The van der Waals surface area contributed by atoms with E-state index in [2.05, 4.69) is 42.5 Å². The van der Waals surface area contributed by atoms with Crippen LogP contribution in [0.1, 0.15) is 38.5 Å². The van der Waals surface area contributed by atoms with Crippen molar-refractivity contribution in [2.45, 2.75) is 38.5 Å². The predicted octanol–water partition coefficient (Wildman–Crippen LogP) is 4.37. The number of allylic oxidation sites excluding steroid dienone is 8. The molecule has 0 fully saturated rings. The fraction of sp³-hybridized carbons (Fsp3) is 0.429. The average molecular weight is 187 g/mol. The Morgan fingerprint density at radius 2 is 1.57 bits per heavy atom. The van der Waals surface area contributed by atoms with E-state index >= 15 is 0 Å². The van der Waals surface area contributed by atoms with Crippen LogP contribution in [0.2, 0.25) is 0 Å². The zero-order valence-electron chi connectivity index (χ0n) is 8.78. The summed E-state index contributed by atoms with van der Waals surface area (Å²) >= 11 is 0. The van der Waals surface area contributed by atoms with Gasteiger partial charge in [0.05, 0.1) is 0 Å². The molecule has 75 valence electrons. The van der Waals surface area contributed by atoms with E-state index in [1.807, 2.05) is 6.08 Å². The molecule has 1 rings (SSSR count). The van der Waals surface area contributed by atoms with Crippen molar-refractivity contribution in [3.8, 4) is 0 Å². The first-order valence-electron chi connectivity index (χ1n) is 5.52. The molecule has 0 spiro atoms. The standard InChI is InChI=1S/C14H19/c1-2-4-6-8-10-12-14-13-11-9-7-5-3-1/h1-3,10-13H,4,6-9,14H2/b2-1-,5-3?,12-10+,13-11-. The second-order valence-electron chi connectivity index (χ2n) is 3.45. The molecule has 0 N–H and O–H groups in total. The van der Waals surface area contributed by atoms with Gasteiger partial charge in [0.15, 0.2) is 0 Å². The summed E-state index contributed by atoms with van der Waals surface area (Å²) in [6, 6.07) is 0. The summed E-state index contributed by atoms with van der Waals surface area (Å²) in [6.45, 7) is 0. The lowest BCUT2D eigenvalue weighted by molar-refractivity contribution is 0.865. The van der Waals surface area contributed by atoms with Crippen LogP contribution in [0.3, 0.4) is 0 Å². The fourth-order valence-corrected chi connectivity index (χ4v) is 1.34. The van der Waals surface area contributed by atoms with Gasteiger partial charge in [0, 0.05) is 0 Å². The van der Waals surface area contributed by atoms with Crippen LogP contribution in [0, 0.1) is 6.08 Å². The van der Waals surface area contributed by atoms with Crippen LogP contribution in [0.15, 0.2) is 42.5 Å². The van der Waals surface area contributed by atoms with Gasteiger partial charge in [-0.3, -0.25) is 0 Å². The molecule has 0 aromatic heterocycles. The summed E-state index contributed by atoms with van der Waals surface area (Å²) < 4.78 is 0. The Bertz CT molecular complexity index is 228. The van der Waals surface area contributed by atoms with Crippen LogP contribution in [0.4, 0.5) is 0 Å². The predicted molar refractivity (Wildman–Crippen MR) is 62.9 cm³/mol. The maximum atomic E-state index is 3.26. The van der Waals surface area contributed by atoms with Gasteiger partial charge in [-0.05, 0) is 44.6 Å². The van der Waals surface area contributed by atoms with E-state index in [4.69, 9.17) is 0 Å². The third-order valence-electron chi connectivity index (χ3n) is 2.15. The lowest BCUT2D eigenvalue weighted by Crippen LogP contribution is -1.71. The highest BCUT2D eigenvalue weighted by atomic mass is 13.9. The SMILES string of the molecule is [C]1=C/C=C\CCC/C=C/C/C=C\CC/1. The van der Waals surface area contributed by atoms with Crippen LogP contribution in [0.5, 0.6) is 0 Å². The highest BCUT2D eigenvalue weighted by Crippen LogP contribution is 2.01. The van der Waals surface area contributed by atoms with Crippen LogP contribution < -0.4 is 0 Å². The maximum Gasteiger partial charge on any atom is -0.0169 e. The van der Waals surface area contributed by atoms with Crippen LogP contribution >= 0.6 is 0 Å². The third kappa shape index (κ3) is 6.47. The van der Waals surface area contributed by atoms with Gasteiger partial charge >= 0.3 is 0 Å². The monoisotopic (exact) mass is 187 g/mol. The Hall–Kier alpha value is -1.04. The maximum absolute atomic E-state index is 3.26. The van der Waals surface area contributed by atoms with E-state index in [9.17, 15) is 0 Å². The summed E-state index contributed by atoms with van der Waals surface area (Å²) in [5.41, 5.74) is 0. The van der Waals surface area contributed by atoms with E-state index in [0.29, 0.717) is 0 Å². The minimum Gasteiger partial charge on any atom is -0.0882 e. The molecule has 0 amide bonds. The molecule has 0 aromatic carbocycles. The van der Waals surface area contributed by atoms with Gasteiger partial charge in [-0.25, -0.2) is 0 Å². The molecular formula is C14H19. The van der Waals surface area contributed by atoms with Gasteiger partial charge in [-0.15, -0.1) is 0 Å². The van der Waals surface area contributed by atoms with E-state index in [1.54, 1.807) is 0 Å². The molecule has 0 aliphatic heterocycles. The van der Waals surface area contributed by atoms with Crippen LogP contribution in [-0.4, -0.2) is 0 Å². The number of hydrogen-bond donors (Lipinski definition) is 0. The van der Waals surface area contributed by atoms with Gasteiger partial charge in [-0.1, -0.05) is 42.5 Å². The molecule has 0 saturated heterocycles. The number of rotatable bonds is 0. The zero-order valence-corrected chi connectivity index (χ0v) is 8.78. The van der Waals surface area contributed by atoms with Gasteiger partial charge in [-0.2, -0.15) is 0 Å². The summed E-state index contributed by atoms with van der Waals surface area (Å²) in [5, 5.41) is 0. The Kier molecular flexibility index (Phi) is 6.74. The summed E-state index contributed by atoms with van der Waals surface area (Å²) in [4.78, 5) is 0. The molecule has 0 unspecified atom stereocenters. The summed E-state index contributed by atoms with van der Waals surface area (Å²) in [7, 11) is 0. The van der Waals surface area contributed by atoms with Gasteiger partial charge in [0.25, 0.3) is 0 Å². The topological polar surface area (TPSA) is 0 Å². The first-order chi connectivity index (χ1) is 7.00. The normalized spacial score (nSPS) is 28.6. The molecule has 0 atom stereocenters. The van der Waals surface area contributed by atoms with Crippen molar-refractivity contribution >= 4 is 0 Å². The molecule has 0 saturated carbocycles. The van der Waals surface area contributed by atoms with Crippen molar-refractivity contribution in [1.29, 1.82) is 0 Å². The summed E-state index contributed by atoms with van der Waals surface area (Å²) in [5.74, 6) is 0. The zero-order chi connectivity index (χ0) is 9.90. The van der Waals surface area contributed by atoms with Crippen molar-refractivity contribution < 1.29 is 0 Å². The highest BCUT2D eigenvalue weighted by molar-refractivity contribution is 5.00. The molecule has 0 aromatic rings. The van der Waals surface area contributed by atoms with Crippen molar-refractivity contribution in [3.05, 3.63) is 48.6 Å². The molecule has 1 aliphatic carbocycles. The van der Waals surface area contributed by atoms with E-state index in [1.165, 1.54) is 19.3 Å². The van der Waals surface area contributed by atoms with E-state index in [-0.39, 0.29) is 0 Å². The smallest absolute Gasteiger partial charge is 0.0169 e. The second-order valence-corrected chi connectivity index (χ2v) is 3.45. The second kappa shape index (κ2) is 8.55. The fourth-order valence-electron chi connectivity index (χ4n) is 1.34. The minimum absolute atomic E-state index is 1.03. The lowest BCUT2D eigenvalue weighted by atomic mass is 10.2. The molecule has 0 bridgehead atoms. The van der Waals surface area contributed by atoms with Gasteiger partial charge < -0.3 is 0 Å². The largest absolute Gasteiger partial charge is 0.0882 e. The van der Waals surface area contributed by atoms with Crippen molar-refractivity contribution in [1.82, 2.24) is 0 Å². The minimum atomic E-state index is 1.03. The lowest BCUT2D eigenvalue weighted by Gasteiger charge is -1.91. The molecule has 14 heavy (non-hydrogen) atoms. The van der Waals surface area contributed by atoms with E-state index < -0.39 is 0 Å². The van der Waals surface area contributed by atoms with Crippen molar-refractivity contribution in [3.63, 3.8) is 0 Å². The summed E-state index contributed by atoms with van der Waals surface area (Å²) in [6.07, 6.45) is 25.5. The Balaban J connectivity index is 2.34. The van der Waals surface area contributed by atoms with Crippen LogP contribution in [-0.2, 0) is 0 Å².